The number of nitrogens with zero attached hydrogens (tertiary/aromatic N) is 5. The molecule has 0 N–H and O–H groups in total. The van der Waals surface area contributed by atoms with Crippen LogP contribution in [0, 0.1) is 11.7 Å². The molecule has 0 bridgehead atoms. The smallest absolute Gasteiger partial charge is 0.356 e. The zero-order chi connectivity index (χ0) is 21.1. The predicted molar refractivity (Wildman–Crippen MR) is 103 cm³/mol. The molecule has 10 heteroatoms. The van der Waals surface area contributed by atoms with Gasteiger partial charge in [-0.15, -0.1) is 0 Å². The Morgan fingerprint density at radius 3 is 2.77 bits per heavy atom. The lowest BCUT2D eigenvalue weighted by Crippen LogP contribution is -2.42. The number of carbonyl (C=O) groups is 2. The van der Waals surface area contributed by atoms with Gasteiger partial charge in [-0.3, -0.25) is 14.6 Å². The summed E-state index contributed by atoms with van der Waals surface area (Å²) in [5, 5.41) is 1.38. The van der Waals surface area contributed by atoms with Crippen molar-refractivity contribution in [3.63, 3.8) is 0 Å². The van der Waals surface area contributed by atoms with E-state index in [1.54, 1.807) is 6.20 Å². The molecule has 158 valence electrons. The zero-order valence-corrected chi connectivity index (χ0v) is 16.5. The van der Waals surface area contributed by atoms with Crippen molar-refractivity contribution >= 4 is 17.8 Å². The Balaban J connectivity index is 1.40. The number of halogens is 1. The van der Waals surface area contributed by atoms with E-state index in [2.05, 4.69) is 15.0 Å². The van der Waals surface area contributed by atoms with Gasteiger partial charge in [0.05, 0.1) is 26.0 Å². The molecule has 2 aromatic heterocycles. The molecule has 2 aliphatic rings. The van der Waals surface area contributed by atoms with Gasteiger partial charge in [0, 0.05) is 37.8 Å². The fourth-order valence-corrected chi connectivity index (χ4v) is 3.83. The van der Waals surface area contributed by atoms with Crippen LogP contribution in [0.1, 0.15) is 41.4 Å². The van der Waals surface area contributed by atoms with Crippen LogP contribution in [0.15, 0.2) is 30.7 Å². The standard InChI is InChI=1S/C20H22FN5O4/c1-29-19(28)16-2-6-23-20(24-16)25-7-3-13(4-8-25)18(27)26-17(5-9-30-26)14-10-15(21)12-22-11-14/h2,6,10-13,17H,3-5,7-9H2,1H3. The number of hydroxylamine groups is 2. The Hall–Kier alpha value is -3.14. The number of esters is 1. The molecule has 0 saturated carbocycles. The largest absolute Gasteiger partial charge is 0.464 e. The lowest BCUT2D eigenvalue weighted by molar-refractivity contribution is -0.182. The number of rotatable bonds is 4. The van der Waals surface area contributed by atoms with E-state index >= 15 is 0 Å². The van der Waals surface area contributed by atoms with Gasteiger partial charge in [-0.2, -0.15) is 0 Å². The fourth-order valence-electron chi connectivity index (χ4n) is 3.83. The average Bonchev–Trinajstić information content (AvgIpc) is 3.28. The fraction of sp³-hybridized carbons (Fsp3) is 0.450. The van der Waals surface area contributed by atoms with Crippen LogP contribution in [-0.2, 0) is 14.4 Å². The maximum atomic E-state index is 13.6. The summed E-state index contributed by atoms with van der Waals surface area (Å²) in [5.74, 6) is -0.843. The third kappa shape index (κ3) is 4.09. The number of amides is 1. The van der Waals surface area contributed by atoms with Gasteiger partial charge in [0.15, 0.2) is 5.69 Å². The summed E-state index contributed by atoms with van der Waals surface area (Å²) >= 11 is 0. The first-order valence-electron chi connectivity index (χ1n) is 9.79. The van der Waals surface area contributed by atoms with Crippen molar-refractivity contribution in [1.82, 2.24) is 20.0 Å². The van der Waals surface area contributed by atoms with Crippen LogP contribution in [0.2, 0.25) is 0 Å². The van der Waals surface area contributed by atoms with Crippen molar-refractivity contribution in [3.05, 3.63) is 47.8 Å². The quantitative estimate of drug-likeness (QED) is 0.699. The Morgan fingerprint density at radius 2 is 2.03 bits per heavy atom. The number of piperidine rings is 1. The van der Waals surface area contributed by atoms with Gasteiger partial charge < -0.3 is 9.64 Å². The Morgan fingerprint density at radius 1 is 1.23 bits per heavy atom. The van der Waals surface area contributed by atoms with E-state index in [-0.39, 0.29) is 23.6 Å². The number of methoxy groups -OCH3 is 1. The maximum Gasteiger partial charge on any atom is 0.356 e. The van der Waals surface area contributed by atoms with Crippen LogP contribution in [0.3, 0.4) is 0 Å². The minimum Gasteiger partial charge on any atom is -0.464 e. The molecule has 2 saturated heterocycles. The molecular formula is C20H22FN5O4. The highest BCUT2D eigenvalue weighted by Crippen LogP contribution is 2.33. The molecule has 30 heavy (non-hydrogen) atoms. The van der Waals surface area contributed by atoms with Crippen LogP contribution >= 0.6 is 0 Å². The summed E-state index contributed by atoms with van der Waals surface area (Å²) in [5.41, 5.74) is 0.823. The van der Waals surface area contributed by atoms with E-state index in [1.807, 2.05) is 4.90 Å². The third-order valence-corrected chi connectivity index (χ3v) is 5.40. The Kier molecular flexibility index (Phi) is 5.84. The van der Waals surface area contributed by atoms with Gasteiger partial charge in [-0.25, -0.2) is 24.2 Å². The summed E-state index contributed by atoms with van der Waals surface area (Å²) in [4.78, 5) is 44.6. The second kappa shape index (κ2) is 8.70. The minimum atomic E-state index is -0.521. The van der Waals surface area contributed by atoms with Crippen molar-refractivity contribution in [2.45, 2.75) is 25.3 Å². The van der Waals surface area contributed by atoms with Gasteiger partial charge in [0.2, 0.25) is 11.9 Å². The number of aromatic nitrogens is 3. The predicted octanol–water partition coefficient (Wildman–Crippen LogP) is 1.92. The number of ether oxygens (including phenoxy) is 1. The molecule has 4 rings (SSSR count). The molecule has 0 radical (unpaired) electrons. The van der Waals surface area contributed by atoms with Gasteiger partial charge in [0.25, 0.3) is 0 Å². The van der Waals surface area contributed by atoms with Crippen LogP contribution in [-0.4, -0.2) is 58.7 Å². The highest BCUT2D eigenvalue weighted by atomic mass is 19.1. The first kappa shape index (κ1) is 20.1. The molecule has 0 aromatic carbocycles. The van der Waals surface area contributed by atoms with Crippen LogP contribution < -0.4 is 4.90 Å². The summed E-state index contributed by atoms with van der Waals surface area (Å²) in [6.45, 7) is 1.54. The molecule has 2 aliphatic heterocycles. The second-order valence-electron chi connectivity index (χ2n) is 7.23. The summed E-state index contributed by atoms with van der Waals surface area (Å²) in [6, 6.07) is 2.55. The van der Waals surface area contributed by atoms with E-state index in [0.717, 1.165) is 6.20 Å². The Labute approximate surface area is 172 Å². The maximum absolute atomic E-state index is 13.6. The molecule has 2 fully saturated rings. The van der Waals surface area contributed by atoms with Gasteiger partial charge in [-0.1, -0.05) is 0 Å². The summed E-state index contributed by atoms with van der Waals surface area (Å²) < 4.78 is 18.3. The van der Waals surface area contributed by atoms with Crippen molar-refractivity contribution in [1.29, 1.82) is 0 Å². The molecule has 1 unspecified atom stereocenters. The van der Waals surface area contributed by atoms with Crippen molar-refractivity contribution in [2.75, 3.05) is 31.7 Å². The number of anilines is 1. The van der Waals surface area contributed by atoms with E-state index in [0.29, 0.717) is 50.5 Å². The van der Waals surface area contributed by atoms with E-state index in [1.165, 1.54) is 30.5 Å². The Bertz CT molecular complexity index is 935. The molecule has 9 nitrogen and oxygen atoms in total. The van der Waals surface area contributed by atoms with Gasteiger partial charge in [0.1, 0.15) is 5.82 Å². The van der Waals surface area contributed by atoms with Gasteiger partial charge >= 0.3 is 5.97 Å². The number of hydrogen-bond acceptors (Lipinski definition) is 8. The third-order valence-electron chi connectivity index (χ3n) is 5.40. The molecule has 2 aromatic rings. The van der Waals surface area contributed by atoms with E-state index < -0.39 is 11.8 Å². The first-order chi connectivity index (χ1) is 14.6. The number of carbonyl (C=O) groups excluding carboxylic acids is 2. The van der Waals surface area contributed by atoms with Crippen molar-refractivity contribution in [3.8, 4) is 0 Å². The molecule has 1 amide bonds. The monoisotopic (exact) mass is 415 g/mol. The lowest BCUT2D eigenvalue weighted by atomic mass is 9.95. The average molecular weight is 415 g/mol. The SMILES string of the molecule is COC(=O)c1ccnc(N2CCC(C(=O)N3OCCC3c3cncc(F)c3)CC2)n1. The topological polar surface area (TPSA) is 97.8 Å². The zero-order valence-electron chi connectivity index (χ0n) is 16.5. The molecule has 0 spiro atoms. The van der Waals surface area contributed by atoms with Crippen molar-refractivity contribution in [2.24, 2.45) is 5.92 Å². The number of pyridine rings is 1. The normalized spacial score (nSPS) is 19.7. The minimum absolute atomic E-state index is 0.106. The number of hydrogen-bond donors (Lipinski definition) is 0. The van der Waals surface area contributed by atoms with Crippen LogP contribution in [0.4, 0.5) is 10.3 Å². The molecule has 0 aliphatic carbocycles. The highest BCUT2D eigenvalue weighted by Gasteiger charge is 2.37. The first-order valence-corrected chi connectivity index (χ1v) is 9.79. The second-order valence-corrected chi connectivity index (χ2v) is 7.23. The molecular weight excluding hydrogens is 393 g/mol. The summed E-state index contributed by atoms with van der Waals surface area (Å²) in [6.07, 6.45) is 6.01. The summed E-state index contributed by atoms with van der Waals surface area (Å²) in [7, 11) is 1.30. The van der Waals surface area contributed by atoms with E-state index in [4.69, 9.17) is 9.57 Å². The van der Waals surface area contributed by atoms with Crippen LogP contribution in [0.25, 0.3) is 0 Å². The lowest BCUT2D eigenvalue weighted by Gasteiger charge is -2.34. The molecule has 1 atom stereocenters. The highest BCUT2D eigenvalue weighted by molar-refractivity contribution is 5.87. The van der Waals surface area contributed by atoms with Crippen molar-refractivity contribution < 1.29 is 23.6 Å². The van der Waals surface area contributed by atoms with Gasteiger partial charge in [-0.05, 0) is 30.5 Å². The van der Waals surface area contributed by atoms with Crippen LogP contribution in [0.5, 0.6) is 0 Å². The molecule has 4 heterocycles. The van der Waals surface area contributed by atoms with E-state index in [9.17, 15) is 14.0 Å².